The van der Waals surface area contributed by atoms with Gasteiger partial charge in [0.1, 0.15) is 18.0 Å². The van der Waals surface area contributed by atoms with Gasteiger partial charge in [0.25, 0.3) is 20.0 Å². The Morgan fingerprint density at radius 3 is 2.02 bits per heavy atom. The number of ether oxygens (including phenoxy) is 2. The fourth-order valence-corrected chi connectivity index (χ4v) is 6.57. The number of methoxy groups -OCH3 is 2. The van der Waals surface area contributed by atoms with Gasteiger partial charge in [-0.1, -0.05) is 24.3 Å². The predicted molar refractivity (Wildman–Crippen MR) is 162 cm³/mol. The van der Waals surface area contributed by atoms with Gasteiger partial charge >= 0.3 is 0 Å². The second-order valence-corrected chi connectivity index (χ2v) is 12.9. The van der Waals surface area contributed by atoms with Gasteiger partial charge in [0.15, 0.2) is 0 Å². The number of amides is 1. The van der Waals surface area contributed by atoms with E-state index in [-0.39, 0.29) is 26.9 Å². The Kier molecular flexibility index (Phi) is 9.08. The van der Waals surface area contributed by atoms with Gasteiger partial charge in [-0.15, -0.1) is 0 Å². The molecule has 0 aliphatic carbocycles. The zero-order valence-corrected chi connectivity index (χ0v) is 25.1. The third kappa shape index (κ3) is 6.84. The lowest BCUT2D eigenvalue weighted by Gasteiger charge is -2.26. The number of sulfonamides is 2. The molecule has 0 unspecified atom stereocenters. The molecule has 4 rings (SSSR count). The van der Waals surface area contributed by atoms with Crippen molar-refractivity contribution >= 4 is 43.0 Å². The van der Waals surface area contributed by atoms with E-state index in [1.165, 1.54) is 56.7 Å². The maximum Gasteiger partial charge on any atom is 0.264 e. The summed E-state index contributed by atoms with van der Waals surface area (Å²) in [7, 11) is -5.26. The molecule has 0 radical (unpaired) electrons. The van der Waals surface area contributed by atoms with Crippen molar-refractivity contribution in [2.24, 2.45) is 0 Å². The molecule has 4 aromatic rings. The number of anilines is 3. The highest BCUT2D eigenvalue weighted by atomic mass is 32.2. The minimum absolute atomic E-state index is 0.00636. The number of hydrogen-bond acceptors (Lipinski definition) is 7. The van der Waals surface area contributed by atoms with Crippen LogP contribution in [0.15, 0.2) is 101 Å². The molecule has 0 aromatic heterocycles. The van der Waals surface area contributed by atoms with Gasteiger partial charge in [-0.05, 0) is 85.6 Å². The topological polar surface area (TPSA) is 131 Å². The Bertz CT molecular complexity index is 1790. The van der Waals surface area contributed by atoms with Gasteiger partial charge < -0.3 is 14.8 Å². The molecule has 42 heavy (non-hydrogen) atoms. The van der Waals surface area contributed by atoms with Crippen LogP contribution in [0.3, 0.4) is 0 Å². The van der Waals surface area contributed by atoms with Crippen molar-refractivity contribution in [2.75, 3.05) is 35.1 Å². The molecule has 0 atom stereocenters. The summed E-state index contributed by atoms with van der Waals surface area (Å²) in [4.78, 5) is 13.2. The van der Waals surface area contributed by atoms with Crippen molar-refractivity contribution < 1.29 is 31.1 Å². The molecule has 0 saturated carbocycles. The van der Waals surface area contributed by atoms with Gasteiger partial charge in [-0.3, -0.25) is 13.8 Å². The number of rotatable bonds is 11. The fraction of sp³-hybridized carbons (Fsp3) is 0.167. The van der Waals surface area contributed by atoms with Gasteiger partial charge in [-0.25, -0.2) is 16.8 Å². The van der Waals surface area contributed by atoms with E-state index in [0.29, 0.717) is 11.4 Å². The molecule has 0 saturated heterocycles. The number of hydrogen-bond donors (Lipinski definition) is 2. The van der Waals surface area contributed by atoms with Crippen molar-refractivity contribution in [3.8, 4) is 11.5 Å². The smallest absolute Gasteiger partial charge is 0.264 e. The van der Waals surface area contributed by atoms with Crippen molar-refractivity contribution in [2.45, 2.75) is 23.6 Å². The summed E-state index contributed by atoms with van der Waals surface area (Å²) >= 11 is 0. The SMILES string of the molecule is COc1ccc(OC)c(N(CC(=O)Nc2ccc(S(=O)(=O)Nc3ccc(C)c(C)c3)cc2)S(=O)(=O)c2ccccc2)c1. The third-order valence-corrected chi connectivity index (χ3v) is 9.65. The predicted octanol–water partition coefficient (Wildman–Crippen LogP) is 4.96. The quantitative estimate of drug-likeness (QED) is 0.246. The summed E-state index contributed by atoms with van der Waals surface area (Å²) in [6.07, 6.45) is 0. The minimum atomic E-state index is -4.21. The number of benzene rings is 4. The molecule has 0 aliphatic heterocycles. The van der Waals surface area contributed by atoms with E-state index in [1.54, 1.807) is 42.5 Å². The van der Waals surface area contributed by atoms with Crippen molar-refractivity contribution in [1.82, 2.24) is 0 Å². The Labute approximate surface area is 246 Å². The molecule has 0 aliphatic rings. The molecule has 0 heterocycles. The molecule has 10 nitrogen and oxygen atoms in total. The number of carbonyl (C=O) groups excluding carboxylic acids is 1. The van der Waals surface area contributed by atoms with Gasteiger partial charge in [0.2, 0.25) is 5.91 Å². The van der Waals surface area contributed by atoms with E-state index in [1.807, 2.05) is 19.9 Å². The van der Waals surface area contributed by atoms with E-state index in [9.17, 15) is 21.6 Å². The first-order chi connectivity index (χ1) is 19.9. The highest BCUT2D eigenvalue weighted by Gasteiger charge is 2.30. The van der Waals surface area contributed by atoms with Gasteiger partial charge in [-0.2, -0.15) is 0 Å². The van der Waals surface area contributed by atoms with Crippen LogP contribution in [0.1, 0.15) is 11.1 Å². The fourth-order valence-electron chi connectivity index (χ4n) is 4.08. The van der Waals surface area contributed by atoms with E-state index < -0.39 is 32.5 Å². The van der Waals surface area contributed by atoms with Crippen LogP contribution < -0.4 is 23.8 Å². The molecular formula is C30H31N3O7S2. The molecule has 1 amide bonds. The number of nitrogens with zero attached hydrogens (tertiary/aromatic N) is 1. The minimum Gasteiger partial charge on any atom is -0.497 e. The second-order valence-electron chi connectivity index (χ2n) is 9.34. The first-order valence-electron chi connectivity index (χ1n) is 12.7. The largest absolute Gasteiger partial charge is 0.497 e. The second kappa shape index (κ2) is 12.5. The first kappa shape index (κ1) is 30.4. The Balaban J connectivity index is 1.58. The van der Waals surface area contributed by atoms with Crippen molar-refractivity contribution in [1.29, 1.82) is 0 Å². The zero-order valence-electron chi connectivity index (χ0n) is 23.5. The Morgan fingerprint density at radius 2 is 1.40 bits per heavy atom. The molecule has 0 fully saturated rings. The normalized spacial score (nSPS) is 11.4. The molecule has 4 aromatic carbocycles. The maximum atomic E-state index is 13.7. The van der Waals surface area contributed by atoms with Crippen LogP contribution in [0.2, 0.25) is 0 Å². The van der Waals surface area contributed by atoms with Crippen LogP contribution in [-0.2, 0) is 24.8 Å². The van der Waals surface area contributed by atoms with E-state index >= 15 is 0 Å². The lowest BCUT2D eigenvalue weighted by Crippen LogP contribution is -2.38. The summed E-state index contributed by atoms with van der Waals surface area (Å²) in [6.45, 7) is 3.22. The molecule has 0 spiro atoms. The lowest BCUT2D eigenvalue weighted by molar-refractivity contribution is -0.114. The average molecular weight is 610 g/mol. The highest BCUT2D eigenvalue weighted by Crippen LogP contribution is 2.35. The average Bonchev–Trinajstić information content (AvgIpc) is 2.98. The van der Waals surface area contributed by atoms with E-state index in [4.69, 9.17) is 9.47 Å². The number of carbonyl (C=O) groups is 1. The molecule has 0 bridgehead atoms. The Hall–Kier alpha value is -4.55. The number of nitrogens with one attached hydrogen (secondary N) is 2. The molecular weight excluding hydrogens is 578 g/mol. The van der Waals surface area contributed by atoms with Crippen molar-refractivity contribution in [3.05, 3.63) is 102 Å². The maximum absolute atomic E-state index is 13.7. The zero-order chi connectivity index (χ0) is 30.5. The van der Waals surface area contributed by atoms with Crippen LogP contribution in [0.25, 0.3) is 0 Å². The van der Waals surface area contributed by atoms with Crippen LogP contribution >= 0.6 is 0 Å². The summed E-state index contributed by atoms with van der Waals surface area (Å²) < 4.78 is 67.4. The van der Waals surface area contributed by atoms with Crippen LogP contribution in [0, 0.1) is 13.8 Å². The third-order valence-electron chi connectivity index (χ3n) is 6.48. The van der Waals surface area contributed by atoms with E-state index in [0.717, 1.165) is 15.4 Å². The lowest BCUT2D eigenvalue weighted by atomic mass is 10.1. The van der Waals surface area contributed by atoms with Gasteiger partial charge in [0.05, 0.1) is 29.7 Å². The summed E-state index contributed by atoms with van der Waals surface area (Å²) in [5.74, 6) is -0.0807. The van der Waals surface area contributed by atoms with Crippen LogP contribution in [0.5, 0.6) is 11.5 Å². The summed E-state index contributed by atoms with van der Waals surface area (Å²) in [6, 6.07) is 23.1. The molecule has 2 N–H and O–H groups in total. The van der Waals surface area contributed by atoms with Crippen LogP contribution in [-0.4, -0.2) is 43.5 Å². The van der Waals surface area contributed by atoms with Crippen molar-refractivity contribution in [3.63, 3.8) is 0 Å². The van der Waals surface area contributed by atoms with E-state index in [2.05, 4.69) is 10.0 Å². The monoisotopic (exact) mass is 609 g/mol. The standard InChI is InChI=1S/C30H31N3O7S2/c1-21-10-11-24(18-22(21)2)32-41(35,36)26-15-12-23(13-16-26)31-30(34)20-33(42(37,38)27-8-6-5-7-9-27)28-19-25(39-3)14-17-29(28)40-4/h5-19,32H,20H2,1-4H3,(H,31,34). The number of aryl methyl sites for hydroxylation is 2. The van der Waals surface area contributed by atoms with Gasteiger partial charge in [0, 0.05) is 17.4 Å². The Morgan fingerprint density at radius 1 is 0.738 bits per heavy atom. The molecule has 12 heteroatoms. The first-order valence-corrected chi connectivity index (χ1v) is 15.7. The van der Waals surface area contributed by atoms with Crippen LogP contribution in [0.4, 0.5) is 17.1 Å². The molecule has 220 valence electrons. The summed E-state index contributed by atoms with van der Waals surface area (Å²) in [5, 5.41) is 2.64. The highest BCUT2D eigenvalue weighted by molar-refractivity contribution is 7.93. The summed E-state index contributed by atoms with van der Waals surface area (Å²) in [5.41, 5.74) is 2.80.